The molecule has 0 unspecified atom stereocenters. The molecular weight excluding hydrogens is 323 g/mol. The molecule has 1 aliphatic rings. The molecule has 1 aliphatic heterocycles. The van der Waals surface area contributed by atoms with E-state index < -0.39 is 0 Å². The van der Waals surface area contributed by atoms with Crippen LogP contribution in [-0.4, -0.2) is 29.8 Å². The monoisotopic (exact) mass is 344 g/mol. The van der Waals surface area contributed by atoms with Crippen LogP contribution in [0.4, 0.5) is 4.39 Å². The Morgan fingerprint density at radius 2 is 2.00 bits per heavy atom. The highest BCUT2D eigenvalue weighted by Crippen LogP contribution is 2.22. The minimum Gasteiger partial charge on any atom is -0.459 e. The lowest BCUT2D eigenvalue weighted by atomic mass is 9.97. The third-order valence-electron chi connectivity index (χ3n) is 4.46. The molecule has 2 amide bonds. The largest absolute Gasteiger partial charge is 0.459 e. The van der Waals surface area contributed by atoms with Crippen molar-refractivity contribution in [2.24, 2.45) is 5.92 Å². The van der Waals surface area contributed by atoms with E-state index in [1.54, 1.807) is 29.2 Å². The Morgan fingerprint density at radius 1 is 1.24 bits per heavy atom. The smallest absolute Gasteiger partial charge is 0.225 e. The average Bonchev–Trinajstić information content (AvgIpc) is 3.09. The van der Waals surface area contributed by atoms with E-state index in [2.05, 4.69) is 5.32 Å². The van der Waals surface area contributed by atoms with Gasteiger partial charge in [0.2, 0.25) is 11.8 Å². The number of carbonyl (C=O) groups excluding carboxylic acids is 2. The van der Waals surface area contributed by atoms with Crippen LogP contribution in [0.5, 0.6) is 0 Å². The van der Waals surface area contributed by atoms with Crippen molar-refractivity contribution in [2.75, 3.05) is 13.1 Å². The predicted octanol–water partition coefficient (Wildman–Crippen LogP) is 2.96. The van der Waals surface area contributed by atoms with Gasteiger partial charge in [0.25, 0.3) is 0 Å². The molecule has 0 spiro atoms. The number of carbonyl (C=O) groups is 2. The molecule has 2 aromatic rings. The van der Waals surface area contributed by atoms with E-state index in [4.69, 9.17) is 4.42 Å². The van der Waals surface area contributed by atoms with Crippen LogP contribution in [0.2, 0.25) is 0 Å². The zero-order chi connectivity index (χ0) is 17.8. The molecule has 0 aliphatic carbocycles. The van der Waals surface area contributed by atoms with Gasteiger partial charge in [-0.15, -0.1) is 0 Å². The minimum absolute atomic E-state index is 0.00692. The molecule has 1 aromatic carbocycles. The Labute approximate surface area is 145 Å². The summed E-state index contributed by atoms with van der Waals surface area (Å²) >= 11 is 0. The molecule has 1 fully saturated rings. The van der Waals surface area contributed by atoms with Crippen LogP contribution < -0.4 is 5.32 Å². The number of nitrogens with zero attached hydrogens (tertiary/aromatic N) is 1. The summed E-state index contributed by atoms with van der Waals surface area (Å²) in [7, 11) is 0. The highest BCUT2D eigenvalue weighted by Gasteiger charge is 2.26. The maximum Gasteiger partial charge on any atom is 0.225 e. The Bertz CT molecular complexity index is 754. The standard InChI is InChI=1S/C19H21FN2O3/c1-13(23)22-10-2-3-15(12-22)19(24)21-11-17-8-9-18(25-17)14-4-6-16(20)7-5-14/h4-9,15H,2-3,10-12H2,1H3,(H,21,24)/t15-/m1/s1. The summed E-state index contributed by atoms with van der Waals surface area (Å²) in [6, 6.07) is 9.64. The summed E-state index contributed by atoms with van der Waals surface area (Å²) in [5.41, 5.74) is 0.781. The van der Waals surface area contributed by atoms with Gasteiger partial charge in [-0.2, -0.15) is 0 Å². The third kappa shape index (κ3) is 4.26. The molecule has 3 rings (SSSR count). The first-order chi connectivity index (χ1) is 12.0. The van der Waals surface area contributed by atoms with Crippen LogP contribution in [-0.2, 0) is 16.1 Å². The van der Waals surface area contributed by atoms with Crippen LogP contribution in [0.3, 0.4) is 0 Å². The highest BCUT2D eigenvalue weighted by molar-refractivity contribution is 5.80. The summed E-state index contributed by atoms with van der Waals surface area (Å²) in [6.45, 7) is 3.01. The van der Waals surface area contributed by atoms with E-state index in [0.29, 0.717) is 18.1 Å². The van der Waals surface area contributed by atoms with Crippen molar-refractivity contribution in [2.45, 2.75) is 26.3 Å². The second-order valence-corrected chi connectivity index (χ2v) is 6.29. The highest BCUT2D eigenvalue weighted by atomic mass is 19.1. The molecule has 5 nitrogen and oxygen atoms in total. The number of halogens is 1. The van der Waals surface area contributed by atoms with Crippen molar-refractivity contribution in [3.63, 3.8) is 0 Å². The van der Waals surface area contributed by atoms with Crippen LogP contribution in [0.25, 0.3) is 11.3 Å². The Hall–Kier alpha value is -2.63. The minimum atomic E-state index is -0.296. The van der Waals surface area contributed by atoms with Gasteiger partial charge >= 0.3 is 0 Å². The van der Waals surface area contributed by atoms with Crippen LogP contribution in [0, 0.1) is 11.7 Å². The summed E-state index contributed by atoms with van der Waals surface area (Å²) in [5, 5.41) is 2.87. The fraction of sp³-hybridized carbons (Fsp3) is 0.368. The van der Waals surface area contributed by atoms with Crippen molar-refractivity contribution in [1.29, 1.82) is 0 Å². The number of hydrogen-bond acceptors (Lipinski definition) is 3. The second kappa shape index (κ2) is 7.51. The Morgan fingerprint density at radius 3 is 2.72 bits per heavy atom. The molecule has 132 valence electrons. The van der Waals surface area contributed by atoms with Gasteiger partial charge in [0, 0.05) is 25.6 Å². The number of furan rings is 1. The fourth-order valence-electron chi connectivity index (χ4n) is 3.04. The molecule has 25 heavy (non-hydrogen) atoms. The van der Waals surface area contributed by atoms with Gasteiger partial charge in [0.15, 0.2) is 0 Å². The van der Waals surface area contributed by atoms with Gasteiger partial charge in [-0.05, 0) is 49.2 Å². The van der Waals surface area contributed by atoms with Crippen molar-refractivity contribution in [3.8, 4) is 11.3 Å². The van der Waals surface area contributed by atoms with Crippen molar-refractivity contribution >= 4 is 11.8 Å². The topological polar surface area (TPSA) is 62.6 Å². The SMILES string of the molecule is CC(=O)N1CCC[C@@H](C(=O)NCc2ccc(-c3ccc(F)cc3)o2)C1. The van der Waals surface area contributed by atoms with Gasteiger partial charge in [-0.25, -0.2) is 4.39 Å². The lowest BCUT2D eigenvalue weighted by Gasteiger charge is -2.31. The van der Waals surface area contributed by atoms with E-state index in [0.717, 1.165) is 24.9 Å². The van der Waals surface area contributed by atoms with Gasteiger partial charge in [0.05, 0.1) is 12.5 Å². The first kappa shape index (κ1) is 17.2. The first-order valence-corrected chi connectivity index (χ1v) is 8.41. The van der Waals surface area contributed by atoms with Crippen LogP contribution >= 0.6 is 0 Å². The molecule has 0 bridgehead atoms. The quantitative estimate of drug-likeness (QED) is 0.927. The normalized spacial score (nSPS) is 17.4. The van der Waals surface area contributed by atoms with Crippen molar-refractivity contribution < 1.29 is 18.4 Å². The zero-order valence-corrected chi connectivity index (χ0v) is 14.1. The Balaban J connectivity index is 1.56. The van der Waals surface area contributed by atoms with Gasteiger partial charge in [-0.1, -0.05) is 0 Å². The number of rotatable bonds is 4. The number of nitrogens with one attached hydrogen (secondary N) is 1. The number of hydrogen-bond donors (Lipinski definition) is 1. The molecule has 6 heteroatoms. The molecular formula is C19H21FN2O3. The first-order valence-electron chi connectivity index (χ1n) is 8.41. The Kier molecular flexibility index (Phi) is 5.16. The molecule has 2 heterocycles. The van der Waals surface area contributed by atoms with Gasteiger partial charge < -0.3 is 14.6 Å². The van der Waals surface area contributed by atoms with Crippen LogP contribution in [0.15, 0.2) is 40.8 Å². The van der Waals surface area contributed by atoms with E-state index in [1.807, 2.05) is 0 Å². The molecule has 1 saturated heterocycles. The molecule has 0 saturated carbocycles. The molecule has 1 aromatic heterocycles. The summed E-state index contributed by atoms with van der Waals surface area (Å²) in [4.78, 5) is 25.5. The maximum atomic E-state index is 13.0. The van der Waals surface area contributed by atoms with E-state index >= 15 is 0 Å². The summed E-state index contributed by atoms with van der Waals surface area (Å²) in [5.74, 6) is 0.730. The lowest BCUT2D eigenvalue weighted by Crippen LogP contribution is -2.44. The average molecular weight is 344 g/mol. The van der Waals surface area contributed by atoms with Crippen molar-refractivity contribution in [1.82, 2.24) is 10.2 Å². The molecule has 0 radical (unpaired) electrons. The molecule has 1 N–H and O–H groups in total. The number of benzene rings is 1. The lowest BCUT2D eigenvalue weighted by molar-refractivity contribution is -0.134. The summed E-state index contributed by atoms with van der Waals surface area (Å²) in [6.07, 6.45) is 1.63. The summed E-state index contributed by atoms with van der Waals surface area (Å²) < 4.78 is 18.7. The van der Waals surface area contributed by atoms with E-state index in [1.165, 1.54) is 19.1 Å². The second-order valence-electron chi connectivity index (χ2n) is 6.29. The van der Waals surface area contributed by atoms with Crippen LogP contribution in [0.1, 0.15) is 25.5 Å². The third-order valence-corrected chi connectivity index (χ3v) is 4.46. The fourth-order valence-corrected chi connectivity index (χ4v) is 3.04. The zero-order valence-electron chi connectivity index (χ0n) is 14.1. The maximum absolute atomic E-state index is 13.0. The van der Waals surface area contributed by atoms with E-state index in [-0.39, 0.29) is 30.1 Å². The van der Waals surface area contributed by atoms with E-state index in [9.17, 15) is 14.0 Å². The number of likely N-dealkylation sites (tertiary alicyclic amines) is 1. The predicted molar refractivity (Wildman–Crippen MR) is 90.9 cm³/mol. The number of piperidine rings is 1. The van der Waals surface area contributed by atoms with Crippen molar-refractivity contribution in [3.05, 3.63) is 48.0 Å². The van der Waals surface area contributed by atoms with Gasteiger partial charge in [-0.3, -0.25) is 9.59 Å². The molecule has 1 atom stereocenters. The van der Waals surface area contributed by atoms with Gasteiger partial charge in [0.1, 0.15) is 17.3 Å². The number of amides is 2.